The number of Topliss-reactive ketones (excluding diaryl/α,β-unsaturated/α-hetero) is 1. The molecule has 0 saturated heterocycles. The molecule has 2 amide bonds. The van der Waals surface area contributed by atoms with Crippen molar-refractivity contribution in [2.75, 3.05) is 11.9 Å². The molecule has 3 rings (SSSR count). The fourth-order valence-electron chi connectivity index (χ4n) is 2.74. The van der Waals surface area contributed by atoms with Crippen molar-refractivity contribution in [2.24, 2.45) is 0 Å². The Balaban J connectivity index is 1.95. The smallest absolute Gasteiger partial charge is 0.274 e. The number of carbonyl (C=O) groups is 3. The van der Waals surface area contributed by atoms with Crippen molar-refractivity contribution in [2.45, 2.75) is 13.8 Å². The first-order valence-corrected chi connectivity index (χ1v) is 9.57. The van der Waals surface area contributed by atoms with Gasteiger partial charge in [-0.1, -0.05) is 23.2 Å². The number of rotatable bonds is 6. The molecule has 0 saturated carbocycles. The van der Waals surface area contributed by atoms with Gasteiger partial charge in [0.05, 0.1) is 29.0 Å². The average Bonchev–Trinajstić information content (AvgIpc) is 3.18. The number of pyridine rings is 1. The Labute approximate surface area is 182 Å². The summed E-state index contributed by atoms with van der Waals surface area (Å²) in [6.45, 7) is 2.93. The van der Waals surface area contributed by atoms with Crippen LogP contribution in [0.4, 0.5) is 5.69 Å². The van der Waals surface area contributed by atoms with E-state index in [2.05, 4.69) is 20.7 Å². The normalized spacial score (nSPS) is 10.5. The number of aryl methyl sites for hydroxylation is 1. The van der Waals surface area contributed by atoms with Gasteiger partial charge in [-0.25, -0.2) is 9.67 Å². The Hall–Kier alpha value is -3.23. The van der Waals surface area contributed by atoms with Crippen molar-refractivity contribution in [3.8, 4) is 5.82 Å². The summed E-state index contributed by atoms with van der Waals surface area (Å²) in [5.41, 5.74) is 1.15. The van der Waals surface area contributed by atoms with Crippen molar-refractivity contribution in [1.29, 1.82) is 0 Å². The molecule has 0 fully saturated rings. The highest BCUT2D eigenvalue weighted by atomic mass is 35.5. The predicted octanol–water partition coefficient (Wildman–Crippen LogP) is 3.45. The first-order valence-electron chi connectivity index (χ1n) is 8.82. The van der Waals surface area contributed by atoms with Crippen LogP contribution in [0.1, 0.15) is 33.3 Å². The van der Waals surface area contributed by atoms with Crippen molar-refractivity contribution in [1.82, 2.24) is 20.1 Å². The second-order valence-electron chi connectivity index (χ2n) is 6.42. The molecule has 2 aromatic heterocycles. The van der Waals surface area contributed by atoms with Crippen LogP contribution < -0.4 is 10.6 Å². The molecule has 8 nitrogen and oxygen atoms in total. The summed E-state index contributed by atoms with van der Waals surface area (Å²) in [6.07, 6.45) is 2.97. The van der Waals surface area contributed by atoms with Gasteiger partial charge in [-0.15, -0.1) is 0 Å². The summed E-state index contributed by atoms with van der Waals surface area (Å²) in [5.74, 6) is -0.974. The number of amides is 2. The van der Waals surface area contributed by atoms with Crippen LogP contribution in [0.15, 0.2) is 42.7 Å². The zero-order valence-electron chi connectivity index (χ0n) is 16.1. The SMILES string of the molecule is CC(=O)CNC(=O)c1cc(Cl)cc(C)c1NC(=O)c1ccnn1-c1ncccc1Cl. The molecule has 2 heterocycles. The van der Waals surface area contributed by atoms with E-state index in [1.54, 1.807) is 25.1 Å². The quantitative estimate of drug-likeness (QED) is 0.604. The fraction of sp³-hybridized carbons (Fsp3) is 0.150. The molecule has 0 bridgehead atoms. The zero-order chi connectivity index (χ0) is 21.8. The highest BCUT2D eigenvalue weighted by molar-refractivity contribution is 6.32. The largest absolute Gasteiger partial charge is 0.345 e. The molecular weight excluding hydrogens is 429 g/mol. The molecule has 0 radical (unpaired) electrons. The first-order chi connectivity index (χ1) is 14.3. The van der Waals surface area contributed by atoms with E-state index in [1.165, 1.54) is 36.1 Å². The van der Waals surface area contributed by atoms with Crippen molar-refractivity contribution < 1.29 is 14.4 Å². The minimum absolute atomic E-state index is 0.136. The molecule has 0 atom stereocenters. The van der Waals surface area contributed by atoms with Crippen LogP contribution in [0.5, 0.6) is 0 Å². The molecule has 2 N–H and O–H groups in total. The number of nitrogens with one attached hydrogen (secondary N) is 2. The minimum Gasteiger partial charge on any atom is -0.345 e. The average molecular weight is 446 g/mol. The van der Waals surface area contributed by atoms with Crippen LogP contribution in [-0.4, -0.2) is 38.9 Å². The van der Waals surface area contributed by atoms with Crippen molar-refractivity contribution in [3.05, 3.63) is 69.6 Å². The standard InChI is InChI=1S/C20H17Cl2N5O3/c1-11-8-13(21)9-14(19(29)24-10-12(2)28)17(11)26-20(30)16-5-7-25-27(16)18-15(22)4-3-6-23-18/h3-9H,10H2,1-2H3,(H,24,29)(H,26,30). The van der Waals surface area contributed by atoms with Gasteiger partial charge in [0.2, 0.25) is 0 Å². The molecule has 3 aromatic rings. The molecule has 1 aromatic carbocycles. The third kappa shape index (κ3) is 4.67. The molecule has 10 heteroatoms. The molecule has 0 aliphatic rings. The van der Waals surface area contributed by atoms with Crippen LogP contribution in [0.25, 0.3) is 5.82 Å². The Kier molecular flexibility index (Phi) is 6.49. The predicted molar refractivity (Wildman–Crippen MR) is 114 cm³/mol. The summed E-state index contributed by atoms with van der Waals surface area (Å²) in [6, 6.07) is 7.84. The molecule has 0 spiro atoms. The summed E-state index contributed by atoms with van der Waals surface area (Å²) < 4.78 is 1.30. The molecule has 30 heavy (non-hydrogen) atoms. The number of carbonyl (C=O) groups excluding carboxylic acids is 3. The van der Waals surface area contributed by atoms with E-state index in [0.29, 0.717) is 21.4 Å². The third-order valence-electron chi connectivity index (χ3n) is 4.10. The molecule has 0 unspecified atom stereocenters. The van der Waals surface area contributed by atoms with Crippen molar-refractivity contribution in [3.63, 3.8) is 0 Å². The molecule has 0 aliphatic carbocycles. The first kappa shape index (κ1) is 21.5. The van der Waals surface area contributed by atoms with Gasteiger partial charge in [-0.3, -0.25) is 14.4 Å². The maximum absolute atomic E-state index is 13.0. The number of anilines is 1. The molecular formula is C20H17Cl2N5O3. The summed E-state index contributed by atoms with van der Waals surface area (Å²) >= 11 is 12.3. The number of halogens is 2. The van der Waals surface area contributed by atoms with E-state index >= 15 is 0 Å². The number of nitrogens with zero attached hydrogens (tertiary/aromatic N) is 3. The van der Waals surface area contributed by atoms with Gasteiger partial charge in [0.25, 0.3) is 11.8 Å². The van der Waals surface area contributed by atoms with Gasteiger partial charge in [-0.2, -0.15) is 5.10 Å². The summed E-state index contributed by atoms with van der Waals surface area (Å²) in [7, 11) is 0. The third-order valence-corrected chi connectivity index (χ3v) is 4.61. The maximum Gasteiger partial charge on any atom is 0.274 e. The van der Waals surface area contributed by atoms with E-state index in [9.17, 15) is 14.4 Å². The maximum atomic E-state index is 13.0. The highest BCUT2D eigenvalue weighted by Crippen LogP contribution is 2.27. The van der Waals surface area contributed by atoms with Gasteiger partial charge in [-0.05, 0) is 49.7 Å². The van der Waals surface area contributed by atoms with E-state index in [-0.39, 0.29) is 29.3 Å². The van der Waals surface area contributed by atoms with E-state index < -0.39 is 11.8 Å². The van der Waals surface area contributed by atoms with Gasteiger partial charge < -0.3 is 10.6 Å². The van der Waals surface area contributed by atoms with Crippen LogP contribution >= 0.6 is 23.2 Å². The Morgan fingerprint density at radius 1 is 1.10 bits per heavy atom. The zero-order valence-corrected chi connectivity index (χ0v) is 17.6. The highest BCUT2D eigenvalue weighted by Gasteiger charge is 2.21. The van der Waals surface area contributed by atoms with Crippen LogP contribution in [0.3, 0.4) is 0 Å². The number of aromatic nitrogens is 3. The monoisotopic (exact) mass is 445 g/mol. The Bertz CT molecular complexity index is 1140. The summed E-state index contributed by atoms with van der Waals surface area (Å²) in [5, 5.41) is 10.0. The lowest BCUT2D eigenvalue weighted by molar-refractivity contribution is -0.116. The van der Waals surface area contributed by atoms with E-state index in [4.69, 9.17) is 23.2 Å². The molecule has 154 valence electrons. The van der Waals surface area contributed by atoms with Gasteiger partial charge in [0, 0.05) is 11.2 Å². The minimum atomic E-state index is -0.535. The van der Waals surface area contributed by atoms with E-state index in [0.717, 1.165) is 0 Å². The van der Waals surface area contributed by atoms with Crippen LogP contribution in [0.2, 0.25) is 10.0 Å². The van der Waals surface area contributed by atoms with E-state index in [1.807, 2.05) is 0 Å². The number of benzene rings is 1. The van der Waals surface area contributed by atoms with Gasteiger partial charge in [0.15, 0.2) is 5.82 Å². The van der Waals surface area contributed by atoms with Crippen LogP contribution in [0, 0.1) is 6.92 Å². The number of hydrogen-bond acceptors (Lipinski definition) is 5. The second-order valence-corrected chi connectivity index (χ2v) is 7.26. The van der Waals surface area contributed by atoms with Gasteiger partial charge in [0.1, 0.15) is 11.5 Å². The topological polar surface area (TPSA) is 106 Å². The Morgan fingerprint density at radius 2 is 1.87 bits per heavy atom. The van der Waals surface area contributed by atoms with Gasteiger partial charge >= 0.3 is 0 Å². The lowest BCUT2D eigenvalue weighted by atomic mass is 10.1. The van der Waals surface area contributed by atoms with Crippen LogP contribution in [-0.2, 0) is 4.79 Å². The Morgan fingerprint density at radius 3 is 2.57 bits per heavy atom. The lowest BCUT2D eigenvalue weighted by Gasteiger charge is -2.15. The number of ketones is 1. The summed E-state index contributed by atoms with van der Waals surface area (Å²) in [4.78, 5) is 40.9. The molecule has 0 aliphatic heterocycles. The fourth-order valence-corrected chi connectivity index (χ4v) is 3.22. The number of hydrogen-bond donors (Lipinski definition) is 2. The van der Waals surface area contributed by atoms with Crippen molar-refractivity contribution >= 4 is 46.5 Å². The second kappa shape index (κ2) is 9.06. The lowest BCUT2D eigenvalue weighted by Crippen LogP contribution is -2.30.